The van der Waals surface area contributed by atoms with Gasteiger partial charge < -0.3 is 10.8 Å². The van der Waals surface area contributed by atoms with Crippen molar-refractivity contribution in [3.63, 3.8) is 0 Å². The molecular formula is C14H21ClN2O3S. The topological polar surface area (TPSA) is 83.6 Å². The Morgan fingerprint density at radius 1 is 1.33 bits per heavy atom. The van der Waals surface area contributed by atoms with E-state index in [0.717, 1.165) is 0 Å². The van der Waals surface area contributed by atoms with Crippen LogP contribution in [0.5, 0.6) is 0 Å². The minimum atomic E-state index is -3.64. The smallest absolute Gasteiger partial charge is 0.243 e. The number of aliphatic hydroxyl groups is 1. The normalized spacial score (nSPS) is 24.8. The van der Waals surface area contributed by atoms with Gasteiger partial charge in [-0.25, -0.2) is 8.42 Å². The summed E-state index contributed by atoms with van der Waals surface area (Å²) in [6, 6.07) is 2.88. The first-order valence-corrected chi connectivity index (χ1v) is 8.73. The Morgan fingerprint density at radius 3 is 2.62 bits per heavy atom. The quantitative estimate of drug-likeness (QED) is 0.813. The van der Waals surface area contributed by atoms with Gasteiger partial charge in [-0.15, -0.1) is 0 Å². The van der Waals surface area contributed by atoms with Gasteiger partial charge in [-0.1, -0.05) is 11.6 Å². The zero-order valence-corrected chi connectivity index (χ0v) is 13.8. The number of anilines is 1. The van der Waals surface area contributed by atoms with Gasteiger partial charge in [0.25, 0.3) is 0 Å². The Morgan fingerprint density at radius 2 is 2.00 bits per heavy atom. The lowest BCUT2D eigenvalue weighted by molar-refractivity contribution is 0.0465. The Bertz CT molecular complexity index is 621. The highest BCUT2D eigenvalue weighted by Crippen LogP contribution is 2.30. The Kier molecular flexibility index (Phi) is 4.54. The molecule has 1 saturated heterocycles. The van der Waals surface area contributed by atoms with Crippen LogP contribution in [0.25, 0.3) is 0 Å². The minimum Gasteiger partial charge on any atom is -0.398 e. The lowest BCUT2D eigenvalue weighted by atomic mass is 9.98. The standard InChI is InChI=1S/C14H21ClN2O3S/c1-10-12(15)8-11(9-13(10)16)21(19,20)17-6-3-4-14(2,18)5-7-17/h8-9,18H,3-7,16H2,1-2H3. The molecule has 0 saturated carbocycles. The molecule has 5 nitrogen and oxygen atoms in total. The molecule has 0 amide bonds. The van der Waals surface area contributed by atoms with Gasteiger partial charge in [0, 0.05) is 23.8 Å². The first-order valence-electron chi connectivity index (χ1n) is 6.92. The molecule has 0 aromatic heterocycles. The second kappa shape index (κ2) is 5.76. The van der Waals surface area contributed by atoms with Crippen molar-refractivity contribution >= 4 is 27.3 Å². The van der Waals surface area contributed by atoms with Crippen LogP contribution in [-0.2, 0) is 10.0 Å². The van der Waals surface area contributed by atoms with E-state index in [-0.39, 0.29) is 4.90 Å². The van der Waals surface area contributed by atoms with Crippen LogP contribution in [0.2, 0.25) is 5.02 Å². The van der Waals surface area contributed by atoms with E-state index in [0.29, 0.717) is 48.6 Å². The van der Waals surface area contributed by atoms with Gasteiger partial charge in [0.1, 0.15) is 0 Å². The van der Waals surface area contributed by atoms with Crippen LogP contribution in [0.4, 0.5) is 5.69 Å². The molecule has 118 valence electrons. The van der Waals surface area contributed by atoms with Gasteiger partial charge in [0.2, 0.25) is 10.0 Å². The molecule has 1 aliphatic heterocycles. The van der Waals surface area contributed by atoms with E-state index in [1.54, 1.807) is 13.8 Å². The zero-order valence-electron chi connectivity index (χ0n) is 12.3. The fourth-order valence-corrected chi connectivity index (χ4v) is 4.28. The summed E-state index contributed by atoms with van der Waals surface area (Å²) >= 11 is 6.04. The van der Waals surface area contributed by atoms with Crippen molar-refractivity contribution in [2.45, 2.75) is 43.6 Å². The molecule has 1 aromatic rings. The third-order valence-electron chi connectivity index (χ3n) is 4.02. The number of nitrogen functional groups attached to an aromatic ring is 1. The van der Waals surface area contributed by atoms with E-state index in [1.165, 1.54) is 16.4 Å². The molecule has 7 heteroatoms. The number of halogens is 1. The first kappa shape index (κ1) is 16.5. The number of nitrogens with zero attached hydrogens (tertiary/aromatic N) is 1. The fourth-order valence-electron chi connectivity index (χ4n) is 2.45. The average molecular weight is 333 g/mol. The zero-order chi connectivity index (χ0) is 15.8. The molecule has 3 N–H and O–H groups in total. The lowest BCUT2D eigenvalue weighted by Gasteiger charge is -2.22. The van der Waals surface area contributed by atoms with Crippen molar-refractivity contribution in [3.8, 4) is 0 Å². The molecule has 0 spiro atoms. The van der Waals surface area contributed by atoms with E-state index < -0.39 is 15.6 Å². The van der Waals surface area contributed by atoms with Gasteiger partial charge in [-0.05, 0) is 50.8 Å². The van der Waals surface area contributed by atoms with Crippen LogP contribution < -0.4 is 5.73 Å². The van der Waals surface area contributed by atoms with E-state index in [2.05, 4.69) is 0 Å². The fraction of sp³-hybridized carbons (Fsp3) is 0.571. The van der Waals surface area contributed by atoms with Crippen LogP contribution in [0.3, 0.4) is 0 Å². The summed E-state index contributed by atoms with van der Waals surface area (Å²) in [7, 11) is -3.64. The summed E-state index contributed by atoms with van der Waals surface area (Å²) in [6.07, 6.45) is 1.64. The minimum absolute atomic E-state index is 0.108. The molecule has 1 aromatic carbocycles. The first-order chi connectivity index (χ1) is 9.63. The Hall–Kier alpha value is -0.820. The average Bonchev–Trinajstić information content (AvgIpc) is 2.56. The number of hydrogen-bond acceptors (Lipinski definition) is 4. The molecule has 1 unspecified atom stereocenters. The summed E-state index contributed by atoms with van der Waals surface area (Å²) in [4.78, 5) is 0.108. The predicted molar refractivity (Wildman–Crippen MR) is 83.8 cm³/mol. The molecule has 0 bridgehead atoms. The van der Waals surface area contributed by atoms with Crippen molar-refractivity contribution in [2.75, 3.05) is 18.8 Å². The SMILES string of the molecule is Cc1c(N)cc(S(=O)(=O)N2CCCC(C)(O)CC2)cc1Cl. The summed E-state index contributed by atoms with van der Waals surface area (Å²) in [5.41, 5.74) is 6.04. The molecule has 1 fully saturated rings. The van der Waals surface area contributed by atoms with Crippen molar-refractivity contribution in [1.29, 1.82) is 0 Å². The van der Waals surface area contributed by atoms with Crippen LogP contribution in [0.15, 0.2) is 17.0 Å². The number of nitrogens with two attached hydrogens (primary N) is 1. The van der Waals surface area contributed by atoms with Gasteiger partial charge in [0.05, 0.1) is 10.5 Å². The number of sulfonamides is 1. The van der Waals surface area contributed by atoms with Crippen LogP contribution in [0, 0.1) is 6.92 Å². The monoisotopic (exact) mass is 332 g/mol. The third-order valence-corrected chi connectivity index (χ3v) is 6.29. The molecule has 1 aliphatic rings. The maximum Gasteiger partial charge on any atom is 0.243 e. The van der Waals surface area contributed by atoms with Crippen LogP contribution >= 0.6 is 11.6 Å². The summed E-state index contributed by atoms with van der Waals surface area (Å²) in [6.45, 7) is 4.17. The van der Waals surface area contributed by atoms with Crippen molar-refractivity contribution in [3.05, 3.63) is 22.7 Å². The Balaban J connectivity index is 2.34. The van der Waals surface area contributed by atoms with E-state index in [1.807, 2.05) is 0 Å². The van der Waals surface area contributed by atoms with Gasteiger partial charge in [0.15, 0.2) is 0 Å². The molecule has 0 radical (unpaired) electrons. The van der Waals surface area contributed by atoms with Gasteiger partial charge >= 0.3 is 0 Å². The molecule has 1 atom stereocenters. The molecule has 0 aliphatic carbocycles. The highest BCUT2D eigenvalue weighted by atomic mass is 35.5. The number of hydrogen-bond donors (Lipinski definition) is 2. The summed E-state index contributed by atoms with van der Waals surface area (Å²) in [5.74, 6) is 0. The van der Waals surface area contributed by atoms with Crippen LogP contribution in [0.1, 0.15) is 31.7 Å². The van der Waals surface area contributed by atoms with Gasteiger partial charge in [-0.3, -0.25) is 0 Å². The van der Waals surface area contributed by atoms with E-state index in [4.69, 9.17) is 17.3 Å². The molecule has 21 heavy (non-hydrogen) atoms. The lowest BCUT2D eigenvalue weighted by Crippen LogP contribution is -2.33. The van der Waals surface area contributed by atoms with Crippen molar-refractivity contribution in [1.82, 2.24) is 4.31 Å². The summed E-state index contributed by atoms with van der Waals surface area (Å²) < 4.78 is 26.8. The number of benzene rings is 1. The maximum atomic E-state index is 12.7. The van der Waals surface area contributed by atoms with Gasteiger partial charge in [-0.2, -0.15) is 4.31 Å². The largest absolute Gasteiger partial charge is 0.398 e. The van der Waals surface area contributed by atoms with E-state index in [9.17, 15) is 13.5 Å². The maximum absolute atomic E-state index is 12.7. The van der Waals surface area contributed by atoms with E-state index >= 15 is 0 Å². The summed E-state index contributed by atoms with van der Waals surface area (Å²) in [5, 5.41) is 10.4. The Labute approximate surface area is 130 Å². The van der Waals surface area contributed by atoms with Crippen molar-refractivity contribution in [2.24, 2.45) is 0 Å². The molecular weight excluding hydrogens is 312 g/mol. The van der Waals surface area contributed by atoms with Crippen molar-refractivity contribution < 1.29 is 13.5 Å². The van der Waals surface area contributed by atoms with Crippen LogP contribution in [-0.4, -0.2) is 36.5 Å². The second-order valence-corrected chi connectivity index (χ2v) is 8.22. The highest BCUT2D eigenvalue weighted by Gasteiger charge is 2.31. The third kappa shape index (κ3) is 3.51. The molecule has 2 rings (SSSR count). The molecule has 1 heterocycles. The second-order valence-electron chi connectivity index (χ2n) is 5.87. The number of rotatable bonds is 2. The predicted octanol–water partition coefficient (Wildman–Crippen LogP) is 2.16. The highest BCUT2D eigenvalue weighted by molar-refractivity contribution is 7.89.